The molecule has 1 aliphatic rings. The summed E-state index contributed by atoms with van der Waals surface area (Å²) < 4.78 is 12.3. The van der Waals surface area contributed by atoms with E-state index in [1.54, 1.807) is 0 Å². The number of amides is 1. The van der Waals surface area contributed by atoms with E-state index in [1.807, 2.05) is 11.0 Å². The smallest absolute Gasteiger partial charge is 0.409 e. The largest absolute Gasteiger partial charge is 0.453 e. The van der Waals surface area contributed by atoms with Gasteiger partial charge in [0.25, 0.3) is 8.32 Å². The van der Waals surface area contributed by atoms with Crippen molar-refractivity contribution in [3.63, 3.8) is 0 Å². The average Bonchev–Trinajstić information content (AvgIpc) is 2.77. The van der Waals surface area contributed by atoms with Gasteiger partial charge in [-0.1, -0.05) is 87.5 Å². The van der Waals surface area contributed by atoms with Crippen LogP contribution < -0.4 is 10.4 Å². The maximum atomic E-state index is 12.3. The van der Waals surface area contributed by atoms with Crippen molar-refractivity contribution in [1.82, 2.24) is 4.90 Å². The number of carbonyl (C=O) groups excluding carboxylic acids is 1. The molecule has 0 spiro atoms. The molecule has 0 aliphatic carbocycles. The first kappa shape index (κ1) is 23.3. The molecular formula is C26H35NO3Si. The lowest BCUT2D eigenvalue weighted by Crippen LogP contribution is -2.68. The van der Waals surface area contributed by atoms with Gasteiger partial charge in [0.15, 0.2) is 0 Å². The van der Waals surface area contributed by atoms with Gasteiger partial charge in [0.05, 0.1) is 7.11 Å². The zero-order chi connectivity index (χ0) is 22.5. The second-order valence-electron chi connectivity index (χ2n) is 9.27. The number of likely N-dealkylation sites (tertiary alicyclic amines) is 1. The number of methoxy groups -OCH3 is 1. The fourth-order valence-electron chi connectivity index (χ4n) is 4.84. The molecule has 31 heavy (non-hydrogen) atoms. The quantitative estimate of drug-likeness (QED) is 0.484. The Kier molecular flexibility index (Phi) is 7.39. The minimum Gasteiger partial charge on any atom is -0.453 e. The number of hydrogen-bond donors (Lipinski definition) is 0. The number of rotatable bonds is 6. The van der Waals surface area contributed by atoms with Gasteiger partial charge in [0.2, 0.25) is 0 Å². The zero-order valence-electron chi connectivity index (χ0n) is 19.2. The summed E-state index contributed by atoms with van der Waals surface area (Å²) in [6.07, 6.45) is 3.99. The van der Waals surface area contributed by atoms with Crippen molar-refractivity contribution >= 4 is 24.8 Å². The Labute approximate surface area is 188 Å². The molecule has 1 fully saturated rings. The van der Waals surface area contributed by atoms with Crippen molar-refractivity contribution in [3.05, 3.63) is 73.3 Å². The van der Waals surface area contributed by atoms with E-state index >= 15 is 0 Å². The number of hydrogen-bond acceptors (Lipinski definition) is 3. The van der Waals surface area contributed by atoms with Gasteiger partial charge in [0.1, 0.15) is 0 Å². The van der Waals surface area contributed by atoms with E-state index in [2.05, 4.69) is 88.0 Å². The third-order valence-corrected chi connectivity index (χ3v) is 11.4. The Balaban J connectivity index is 2.02. The first-order chi connectivity index (χ1) is 14.8. The van der Waals surface area contributed by atoms with Gasteiger partial charge < -0.3 is 14.1 Å². The topological polar surface area (TPSA) is 38.8 Å². The first-order valence-electron chi connectivity index (χ1n) is 11.1. The van der Waals surface area contributed by atoms with E-state index in [1.165, 1.54) is 17.5 Å². The van der Waals surface area contributed by atoms with Crippen molar-refractivity contribution in [2.75, 3.05) is 13.7 Å². The fraction of sp³-hybridized carbons (Fsp3) is 0.423. The van der Waals surface area contributed by atoms with Crippen molar-refractivity contribution in [3.8, 4) is 0 Å². The number of nitrogens with zero attached hydrogens (tertiary/aromatic N) is 1. The molecule has 166 valence electrons. The molecule has 5 heteroatoms. The van der Waals surface area contributed by atoms with E-state index in [4.69, 9.17) is 9.16 Å². The molecule has 0 bridgehead atoms. The van der Waals surface area contributed by atoms with Gasteiger partial charge in [-0.25, -0.2) is 4.79 Å². The number of benzene rings is 2. The third-order valence-electron chi connectivity index (χ3n) is 6.28. The first-order valence-corrected chi connectivity index (χ1v) is 13.0. The van der Waals surface area contributed by atoms with Crippen molar-refractivity contribution in [2.24, 2.45) is 0 Å². The highest BCUT2D eigenvalue weighted by Crippen LogP contribution is 2.39. The van der Waals surface area contributed by atoms with Crippen LogP contribution in [-0.2, 0) is 9.16 Å². The Hall–Kier alpha value is -2.37. The Morgan fingerprint density at radius 1 is 1.10 bits per heavy atom. The molecule has 0 radical (unpaired) electrons. The second kappa shape index (κ2) is 9.84. The van der Waals surface area contributed by atoms with Crippen LogP contribution in [0, 0.1) is 0 Å². The van der Waals surface area contributed by atoms with E-state index < -0.39 is 8.32 Å². The lowest BCUT2D eigenvalue weighted by Gasteiger charge is -2.47. The summed E-state index contributed by atoms with van der Waals surface area (Å²) in [6, 6.07) is 21.5. The third kappa shape index (κ3) is 4.78. The predicted octanol–water partition coefficient (Wildman–Crippen LogP) is 4.74. The lowest BCUT2D eigenvalue weighted by molar-refractivity contribution is 0.0435. The van der Waals surface area contributed by atoms with Gasteiger partial charge in [0, 0.05) is 18.7 Å². The highest BCUT2D eigenvalue weighted by atomic mass is 28.4. The number of carbonyl (C=O) groups is 1. The monoisotopic (exact) mass is 437 g/mol. The van der Waals surface area contributed by atoms with Crippen LogP contribution in [0.5, 0.6) is 0 Å². The van der Waals surface area contributed by atoms with Crippen molar-refractivity contribution in [2.45, 2.75) is 57.2 Å². The summed E-state index contributed by atoms with van der Waals surface area (Å²) in [7, 11) is -1.16. The fourth-order valence-corrected chi connectivity index (χ4v) is 9.56. The van der Waals surface area contributed by atoms with Crippen LogP contribution in [0.2, 0.25) is 5.04 Å². The lowest BCUT2D eigenvalue weighted by atomic mass is 9.97. The highest BCUT2D eigenvalue weighted by molar-refractivity contribution is 6.99. The Bertz CT molecular complexity index is 824. The van der Waals surface area contributed by atoms with Crippen molar-refractivity contribution < 1.29 is 14.0 Å². The number of ether oxygens (including phenoxy) is 1. The average molecular weight is 438 g/mol. The van der Waals surface area contributed by atoms with Crippen molar-refractivity contribution in [1.29, 1.82) is 0 Å². The van der Waals surface area contributed by atoms with Crippen LogP contribution in [0.3, 0.4) is 0 Å². The van der Waals surface area contributed by atoms with Crippen LogP contribution in [0.4, 0.5) is 4.79 Å². The van der Waals surface area contributed by atoms with E-state index in [0.29, 0.717) is 6.54 Å². The molecule has 0 unspecified atom stereocenters. The molecule has 3 rings (SSSR count). The molecule has 1 saturated heterocycles. The second-order valence-corrected chi connectivity index (χ2v) is 13.5. The molecule has 2 aromatic rings. The van der Waals surface area contributed by atoms with E-state index in [-0.39, 0.29) is 23.3 Å². The van der Waals surface area contributed by atoms with Gasteiger partial charge in [-0.2, -0.15) is 0 Å². The predicted molar refractivity (Wildman–Crippen MR) is 129 cm³/mol. The molecule has 2 aromatic carbocycles. The van der Waals surface area contributed by atoms with E-state index in [0.717, 1.165) is 19.3 Å². The summed E-state index contributed by atoms with van der Waals surface area (Å²) >= 11 is 0. The van der Waals surface area contributed by atoms with Crippen LogP contribution in [0.1, 0.15) is 40.0 Å². The van der Waals surface area contributed by atoms with Crippen LogP contribution >= 0.6 is 0 Å². The molecule has 4 nitrogen and oxygen atoms in total. The van der Waals surface area contributed by atoms with Crippen LogP contribution in [0.15, 0.2) is 73.3 Å². The summed E-state index contributed by atoms with van der Waals surface area (Å²) in [6.45, 7) is 11.4. The summed E-state index contributed by atoms with van der Waals surface area (Å²) in [5, 5.41) is 2.50. The molecular weight excluding hydrogens is 402 g/mol. The van der Waals surface area contributed by atoms with Gasteiger partial charge in [-0.05, 0) is 34.7 Å². The molecule has 1 heterocycles. The molecule has 2 atom stereocenters. The summed E-state index contributed by atoms with van der Waals surface area (Å²) in [4.78, 5) is 14.1. The molecule has 1 aliphatic heterocycles. The molecule has 1 amide bonds. The molecule has 0 saturated carbocycles. The summed E-state index contributed by atoms with van der Waals surface area (Å²) in [5.74, 6) is 0. The van der Waals surface area contributed by atoms with Crippen LogP contribution in [-0.4, -0.2) is 45.1 Å². The summed E-state index contributed by atoms with van der Waals surface area (Å²) in [5.41, 5.74) is 0. The zero-order valence-corrected chi connectivity index (χ0v) is 20.2. The minimum absolute atomic E-state index is 0.0434. The Morgan fingerprint density at radius 2 is 1.65 bits per heavy atom. The van der Waals surface area contributed by atoms with Gasteiger partial charge in [-0.3, -0.25) is 0 Å². The maximum Gasteiger partial charge on any atom is 0.409 e. The Morgan fingerprint density at radius 3 is 2.10 bits per heavy atom. The van der Waals surface area contributed by atoms with Gasteiger partial charge >= 0.3 is 6.09 Å². The SMILES string of the molecule is C=CC[C@H]1C[C@@H](O[Si](c2ccccc2)(c2ccccc2)C(C)(C)C)CCN1C(=O)OC. The van der Waals surface area contributed by atoms with Gasteiger partial charge in [-0.15, -0.1) is 6.58 Å². The maximum absolute atomic E-state index is 12.3. The molecule has 0 aromatic heterocycles. The highest BCUT2D eigenvalue weighted by Gasteiger charge is 2.52. The van der Waals surface area contributed by atoms with Crippen LogP contribution in [0.25, 0.3) is 0 Å². The normalized spacial score (nSPS) is 19.7. The number of piperidine rings is 1. The molecule has 0 N–H and O–H groups in total. The standard InChI is InChI=1S/C26H35NO3Si/c1-6-13-21-20-22(18-19-27(21)25(28)29-5)30-31(26(2,3)4,23-14-9-7-10-15-23)24-16-11-8-12-17-24/h6-12,14-17,21-22H,1,13,18-20H2,2-5H3/t21-,22-/m0/s1. The minimum atomic E-state index is -2.61. The van der Waals surface area contributed by atoms with E-state index in [9.17, 15) is 4.79 Å².